The molecule has 0 spiro atoms. The molecule has 0 saturated heterocycles. The van der Waals surface area contributed by atoms with E-state index in [9.17, 15) is 13.2 Å². The van der Waals surface area contributed by atoms with E-state index in [2.05, 4.69) is 4.72 Å². The summed E-state index contributed by atoms with van der Waals surface area (Å²) in [5, 5.41) is 0. The van der Waals surface area contributed by atoms with Crippen LogP contribution in [0.3, 0.4) is 0 Å². The molecule has 9 heteroatoms. The van der Waals surface area contributed by atoms with E-state index >= 15 is 0 Å². The fourth-order valence-electron chi connectivity index (χ4n) is 2.93. The van der Waals surface area contributed by atoms with Gasteiger partial charge >= 0.3 is 4.87 Å². The molecule has 1 N–H and O–H groups in total. The maximum Gasteiger partial charge on any atom is 0.308 e. The molecule has 0 aliphatic carbocycles. The Morgan fingerprint density at radius 1 is 1.07 bits per heavy atom. The Bertz CT molecular complexity index is 1150. The monoisotopic (exact) mass is 436 g/mol. The predicted octanol–water partition coefficient (Wildman–Crippen LogP) is 3.40. The van der Waals surface area contributed by atoms with Crippen molar-refractivity contribution in [3.63, 3.8) is 0 Å². The average Bonchev–Trinajstić information content (AvgIpc) is 3.01. The summed E-state index contributed by atoms with van der Waals surface area (Å²) in [6.07, 6.45) is 0. The quantitative estimate of drug-likeness (QED) is 0.585. The van der Waals surface area contributed by atoms with Gasteiger partial charge < -0.3 is 9.47 Å². The molecule has 1 unspecified atom stereocenters. The van der Waals surface area contributed by atoms with Gasteiger partial charge in [0.15, 0.2) is 0 Å². The minimum atomic E-state index is -3.74. The first-order chi connectivity index (χ1) is 13.7. The molecular weight excluding hydrogens is 412 g/mol. The van der Waals surface area contributed by atoms with Crippen molar-refractivity contribution in [1.82, 2.24) is 9.29 Å². The molecule has 0 fully saturated rings. The average molecular weight is 437 g/mol. The third-order valence-corrected chi connectivity index (χ3v) is 6.83. The molecule has 3 aromatic rings. The minimum Gasteiger partial charge on any atom is -0.497 e. The highest BCUT2D eigenvalue weighted by Gasteiger charge is 2.20. The van der Waals surface area contributed by atoms with Crippen molar-refractivity contribution in [1.29, 1.82) is 0 Å². The van der Waals surface area contributed by atoms with E-state index < -0.39 is 16.1 Å². The maximum absolute atomic E-state index is 12.7. The number of sulfonamides is 1. The Morgan fingerprint density at radius 2 is 1.72 bits per heavy atom. The van der Waals surface area contributed by atoms with Crippen LogP contribution in [0.15, 0.2) is 52.2 Å². The molecule has 0 aliphatic heterocycles. The topological polar surface area (TPSA) is 86.6 Å². The smallest absolute Gasteiger partial charge is 0.308 e. The number of thiazole rings is 1. The molecule has 29 heavy (non-hydrogen) atoms. The summed E-state index contributed by atoms with van der Waals surface area (Å²) in [7, 11) is -2.16. The highest BCUT2D eigenvalue weighted by molar-refractivity contribution is 7.89. The van der Waals surface area contributed by atoms with Crippen molar-refractivity contribution in [3.8, 4) is 11.5 Å². The Kier molecular flexibility index (Phi) is 6.30. The third-order valence-electron chi connectivity index (χ3n) is 4.33. The molecule has 1 atom stereocenters. The SMILES string of the molecule is COc1ccc(OCC(C)NS(=O)(=O)c2ccc3c(c2)sc(=O)n3C(C)C)cc1. The number of hydrogen-bond acceptors (Lipinski definition) is 6. The van der Waals surface area contributed by atoms with Gasteiger partial charge in [0.1, 0.15) is 18.1 Å². The van der Waals surface area contributed by atoms with E-state index in [4.69, 9.17) is 9.47 Å². The highest BCUT2D eigenvalue weighted by atomic mass is 32.2. The van der Waals surface area contributed by atoms with Crippen LogP contribution in [0, 0.1) is 0 Å². The van der Waals surface area contributed by atoms with Crippen LogP contribution in [0.5, 0.6) is 11.5 Å². The first-order valence-electron chi connectivity index (χ1n) is 9.15. The predicted molar refractivity (Wildman–Crippen MR) is 115 cm³/mol. The Morgan fingerprint density at radius 3 is 2.34 bits per heavy atom. The summed E-state index contributed by atoms with van der Waals surface area (Å²) < 4.78 is 41.1. The normalized spacial score (nSPS) is 13.0. The van der Waals surface area contributed by atoms with Gasteiger partial charge in [0.2, 0.25) is 10.0 Å². The van der Waals surface area contributed by atoms with Crippen LogP contribution in [0.1, 0.15) is 26.8 Å². The van der Waals surface area contributed by atoms with E-state index in [1.54, 1.807) is 55.0 Å². The van der Waals surface area contributed by atoms with Crippen molar-refractivity contribution in [2.45, 2.75) is 37.8 Å². The highest BCUT2D eigenvalue weighted by Crippen LogP contribution is 2.24. The molecule has 0 amide bonds. The lowest BCUT2D eigenvalue weighted by molar-refractivity contribution is 0.287. The number of methoxy groups -OCH3 is 1. The van der Waals surface area contributed by atoms with Crippen molar-refractivity contribution >= 4 is 31.6 Å². The van der Waals surface area contributed by atoms with Crippen LogP contribution in [0.4, 0.5) is 0 Å². The molecule has 156 valence electrons. The van der Waals surface area contributed by atoms with E-state index in [0.29, 0.717) is 10.4 Å². The van der Waals surface area contributed by atoms with Crippen molar-refractivity contribution in [2.75, 3.05) is 13.7 Å². The van der Waals surface area contributed by atoms with Crippen molar-refractivity contribution in [3.05, 3.63) is 52.1 Å². The van der Waals surface area contributed by atoms with Gasteiger partial charge in [0.25, 0.3) is 0 Å². The van der Waals surface area contributed by atoms with Gasteiger partial charge in [-0.25, -0.2) is 13.1 Å². The lowest BCUT2D eigenvalue weighted by Crippen LogP contribution is -2.36. The van der Waals surface area contributed by atoms with E-state index in [-0.39, 0.29) is 22.4 Å². The molecule has 0 saturated carbocycles. The molecule has 2 aromatic carbocycles. The Labute approximate surface area is 173 Å². The number of nitrogens with one attached hydrogen (secondary N) is 1. The molecule has 1 heterocycles. The van der Waals surface area contributed by atoms with Crippen LogP contribution >= 0.6 is 11.3 Å². The number of benzene rings is 2. The first-order valence-corrected chi connectivity index (χ1v) is 11.5. The summed E-state index contributed by atoms with van der Waals surface area (Å²) in [5.74, 6) is 1.34. The molecule has 1 aromatic heterocycles. The summed E-state index contributed by atoms with van der Waals surface area (Å²) in [6, 6.07) is 11.4. The second kappa shape index (κ2) is 8.56. The Hall–Kier alpha value is -2.36. The first kappa shape index (κ1) is 21.4. The summed E-state index contributed by atoms with van der Waals surface area (Å²) >= 11 is 1.05. The summed E-state index contributed by atoms with van der Waals surface area (Å²) in [4.78, 5) is 12.2. The summed E-state index contributed by atoms with van der Waals surface area (Å²) in [5.41, 5.74) is 0.741. The maximum atomic E-state index is 12.7. The van der Waals surface area contributed by atoms with Crippen LogP contribution in [-0.2, 0) is 10.0 Å². The summed E-state index contributed by atoms with van der Waals surface area (Å²) in [6.45, 7) is 5.74. The van der Waals surface area contributed by atoms with Crippen LogP contribution in [-0.4, -0.2) is 32.7 Å². The van der Waals surface area contributed by atoms with Crippen LogP contribution < -0.4 is 19.1 Å². The largest absolute Gasteiger partial charge is 0.497 e. The number of hydrogen-bond donors (Lipinski definition) is 1. The van der Waals surface area contributed by atoms with E-state index in [1.165, 1.54) is 6.07 Å². The van der Waals surface area contributed by atoms with Gasteiger partial charge in [-0.05, 0) is 63.2 Å². The van der Waals surface area contributed by atoms with Gasteiger partial charge in [0, 0.05) is 6.04 Å². The van der Waals surface area contributed by atoms with Gasteiger partial charge in [-0.2, -0.15) is 0 Å². The number of ether oxygens (including phenoxy) is 2. The molecule has 0 radical (unpaired) electrons. The molecular formula is C20H24N2O5S2. The zero-order valence-corrected chi connectivity index (χ0v) is 18.3. The molecule has 0 aliphatic rings. The van der Waals surface area contributed by atoms with Crippen molar-refractivity contribution in [2.24, 2.45) is 0 Å². The zero-order chi connectivity index (χ0) is 21.2. The molecule has 7 nitrogen and oxygen atoms in total. The second-order valence-corrected chi connectivity index (χ2v) is 9.68. The molecule has 0 bridgehead atoms. The number of aromatic nitrogens is 1. The fourth-order valence-corrected chi connectivity index (χ4v) is 5.31. The fraction of sp³-hybridized carbons (Fsp3) is 0.350. The van der Waals surface area contributed by atoms with Gasteiger partial charge in [0.05, 0.1) is 28.3 Å². The minimum absolute atomic E-state index is 0.00644. The molecule has 3 rings (SSSR count). The van der Waals surface area contributed by atoms with Crippen LogP contribution in [0.2, 0.25) is 0 Å². The van der Waals surface area contributed by atoms with Gasteiger partial charge in [-0.3, -0.25) is 9.36 Å². The third kappa shape index (κ3) is 4.80. The van der Waals surface area contributed by atoms with Crippen LogP contribution in [0.25, 0.3) is 10.2 Å². The lowest BCUT2D eigenvalue weighted by Gasteiger charge is -2.16. The Balaban J connectivity index is 1.71. The van der Waals surface area contributed by atoms with Crippen molar-refractivity contribution < 1.29 is 17.9 Å². The van der Waals surface area contributed by atoms with E-state index in [1.807, 2.05) is 13.8 Å². The van der Waals surface area contributed by atoms with E-state index in [0.717, 1.165) is 22.6 Å². The van der Waals surface area contributed by atoms with Gasteiger partial charge in [-0.1, -0.05) is 11.3 Å². The second-order valence-electron chi connectivity index (χ2n) is 6.97. The standard InChI is InChI=1S/C20H24N2O5S2/c1-13(2)22-18-10-9-17(11-19(18)28-20(22)23)29(24,25)21-14(3)12-27-16-7-5-15(26-4)6-8-16/h5-11,13-14,21H,12H2,1-4H3. The lowest BCUT2D eigenvalue weighted by atomic mass is 10.3. The number of rotatable bonds is 8. The van der Waals surface area contributed by atoms with Gasteiger partial charge in [-0.15, -0.1) is 0 Å². The zero-order valence-electron chi connectivity index (χ0n) is 16.7. The number of nitrogens with zero attached hydrogens (tertiary/aromatic N) is 1. The number of fused-ring (bicyclic) bond motifs is 1.